The summed E-state index contributed by atoms with van der Waals surface area (Å²) in [5, 5.41) is -0.202. The van der Waals surface area contributed by atoms with Crippen LogP contribution in [0, 0.1) is 18.6 Å². The van der Waals surface area contributed by atoms with Gasteiger partial charge < -0.3 is 0 Å². The van der Waals surface area contributed by atoms with Gasteiger partial charge in [-0.15, -0.1) is 11.6 Å². The van der Waals surface area contributed by atoms with Gasteiger partial charge in [0.1, 0.15) is 0 Å². The molecule has 0 saturated heterocycles. The second-order valence-corrected chi connectivity index (χ2v) is 5.66. The third kappa shape index (κ3) is 4.04. The minimum Gasteiger partial charge on any atom is -0.204 e. The van der Waals surface area contributed by atoms with Gasteiger partial charge in [0.05, 0.1) is 0 Å². The van der Waals surface area contributed by atoms with Crippen LogP contribution in [0.1, 0.15) is 23.1 Å². The summed E-state index contributed by atoms with van der Waals surface area (Å²) in [6, 6.07) is 12.4. The number of hydrogen-bond donors (Lipinski definition) is 0. The number of halogens is 3. The topological polar surface area (TPSA) is 0 Å². The summed E-state index contributed by atoms with van der Waals surface area (Å²) in [5.74, 6) is -1.60. The average molecular weight is 295 g/mol. The molecule has 0 aromatic heterocycles. The van der Waals surface area contributed by atoms with Gasteiger partial charge in [0.25, 0.3) is 0 Å². The molecule has 2 aromatic carbocycles. The van der Waals surface area contributed by atoms with E-state index in [2.05, 4.69) is 12.1 Å². The molecule has 0 aliphatic heterocycles. The predicted octanol–water partition coefficient (Wildman–Crippen LogP) is 5.06. The largest absolute Gasteiger partial charge is 0.204 e. The van der Waals surface area contributed by atoms with Crippen molar-refractivity contribution in [1.82, 2.24) is 0 Å². The molecule has 3 heteroatoms. The van der Waals surface area contributed by atoms with Crippen molar-refractivity contribution in [2.24, 2.45) is 0 Å². The lowest BCUT2D eigenvalue weighted by molar-refractivity contribution is 0.496. The van der Waals surface area contributed by atoms with E-state index in [0.29, 0.717) is 12.0 Å². The fourth-order valence-electron chi connectivity index (χ4n) is 2.24. The lowest BCUT2D eigenvalue weighted by atomic mass is 10.0. The first-order chi connectivity index (χ1) is 9.56. The molecular weight excluding hydrogens is 278 g/mol. The van der Waals surface area contributed by atoms with Crippen LogP contribution in [0.25, 0.3) is 0 Å². The molecule has 2 rings (SSSR count). The lowest BCUT2D eigenvalue weighted by Crippen LogP contribution is -2.07. The van der Waals surface area contributed by atoms with Crippen LogP contribution in [0.5, 0.6) is 0 Å². The molecule has 20 heavy (non-hydrogen) atoms. The Morgan fingerprint density at radius 3 is 2.60 bits per heavy atom. The van der Waals surface area contributed by atoms with Gasteiger partial charge in [-0.05, 0) is 43.4 Å². The highest BCUT2D eigenvalue weighted by atomic mass is 35.5. The third-order valence-corrected chi connectivity index (χ3v) is 3.67. The Labute approximate surface area is 123 Å². The van der Waals surface area contributed by atoms with Crippen molar-refractivity contribution in [2.45, 2.75) is 31.6 Å². The zero-order valence-corrected chi connectivity index (χ0v) is 12.1. The fraction of sp³-hybridized carbons (Fsp3) is 0.294. The maximum absolute atomic E-state index is 13.5. The van der Waals surface area contributed by atoms with Crippen molar-refractivity contribution in [3.05, 3.63) is 70.8 Å². The molecule has 0 nitrogen and oxygen atoms in total. The zero-order chi connectivity index (χ0) is 14.5. The molecule has 106 valence electrons. The summed E-state index contributed by atoms with van der Waals surface area (Å²) < 4.78 is 26.7. The van der Waals surface area contributed by atoms with Gasteiger partial charge in [-0.2, -0.15) is 0 Å². The van der Waals surface area contributed by atoms with Crippen LogP contribution in [-0.2, 0) is 12.8 Å². The molecule has 0 N–H and O–H groups in total. The molecule has 0 amide bonds. The first-order valence-electron chi connectivity index (χ1n) is 6.69. The van der Waals surface area contributed by atoms with E-state index >= 15 is 0 Å². The fourth-order valence-corrected chi connectivity index (χ4v) is 2.51. The molecule has 0 bridgehead atoms. The first kappa shape index (κ1) is 15.0. The quantitative estimate of drug-likeness (QED) is 0.677. The zero-order valence-electron chi connectivity index (χ0n) is 11.4. The van der Waals surface area contributed by atoms with Crippen molar-refractivity contribution in [1.29, 1.82) is 0 Å². The average Bonchev–Trinajstić information content (AvgIpc) is 2.42. The minimum atomic E-state index is -0.815. The molecule has 2 aromatic rings. The van der Waals surface area contributed by atoms with Crippen LogP contribution >= 0.6 is 11.6 Å². The Morgan fingerprint density at radius 2 is 1.85 bits per heavy atom. The van der Waals surface area contributed by atoms with E-state index in [4.69, 9.17) is 11.6 Å². The molecule has 0 saturated carbocycles. The van der Waals surface area contributed by atoms with Crippen LogP contribution in [0.4, 0.5) is 8.78 Å². The Balaban J connectivity index is 1.92. The maximum atomic E-state index is 13.5. The number of alkyl halides is 1. The third-order valence-electron chi connectivity index (χ3n) is 3.30. The highest BCUT2D eigenvalue weighted by Crippen LogP contribution is 2.19. The van der Waals surface area contributed by atoms with Crippen LogP contribution in [0.2, 0.25) is 0 Å². The van der Waals surface area contributed by atoms with Crippen molar-refractivity contribution in [3.63, 3.8) is 0 Å². The van der Waals surface area contributed by atoms with Gasteiger partial charge in [0, 0.05) is 5.38 Å². The summed E-state index contributed by atoms with van der Waals surface area (Å²) >= 11 is 6.24. The van der Waals surface area contributed by atoms with Gasteiger partial charge in [-0.25, -0.2) is 8.78 Å². The lowest BCUT2D eigenvalue weighted by Gasteiger charge is -2.11. The SMILES string of the molecule is Cc1cccc(CCC(Cl)Cc2cccc(F)c2F)c1. The first-order valence-corrected chi connectivity index (χ1v) is 7.12. The van der Waals surface area contributed by atoms with E-state index in [0.717, 1.165) is 18.9 Å². The summed E-state index contributed by atoms with van der Waals surface area (Å²) in [6.45, 7) is 2.05. The Hall–Kier alpha value is -1.41. The number of rotatable bonds is 5. The maximum Gasteiger partial charge on any atom is 0.162 e. The Kier molecular flexibility index (Phi) is 5.13. The molecule has 0 heterocycles. The van der Waals surface area contributed by atoms with Gasteiger partial charge in [-0.3, -0.25) is 0 Å². The van der Waals surface area contributed by atoms with E-state index < -0.39 is 11.6 Å². The summed E-state index contributed by atoms with van der Waals surface area (Å²) in [7, 11) is 0. The second-order valence-electron chi connectivity index (χ2n) is 5.04. The number of hydrogen-bond acceptors (Lipinski definition) is 0. The molecule has 0 spiro atoms. The van der Waals surface area contributed by atoms with E-state index in [9.17, 15) is 8.78 Å². The molecule has 0 aliphatic carbocycles. The molecule has 1 unspecified atom stereocenters. The van der Waals surface area contributed by atoms with Gasteiger partial charge >= 0.3 is 0 Å². The smallest absolute Gasteiger partial charge is 0.162 e. The molecule has 1 atom stereocenters. The molecule has 0 radical (unpaired) electrons. The second kappa shape index (κ2) is 6.85. The molecular formula is C17H17ClF2. The highest BCUT2D eigenvalue weighted by molar-refractivity contribution is 6.20. The standard InChI is InChI=1S/C17H17ClF2/c1-12-4-2-5-13(10-12)8-9-15(18)11-14-6-3-7-16(19)17(14)20/h2-7,10,15H,8-9,11H2,1H3. The van der Waals surface area contributed by atoms with Crippen LogP contribution in [-0.4, -0.2) is 5.38 Å². The summed E-state index contributed by atoms with van der Waals surface area (Å²) in [4.78, 5) is 0. The van der Waals surface area contributed by atoms with Crippen LogP contribution in [0.3, 0.4) is 0 Å². The van der Waals surface area contributed by atoms with Crippen molar-refractivity contribution in [2.75, 3.05) is 0 Å². The van der Waals surface area contributed by atoms with Crippen molar-refractivity contribution >= 4 is 11.6 Å². The number of aryl methyl sites for hydroxylation is 2. The van der Waals surface area contributed by atoms with E-state index in [1.165, 1.54) is 17.2 Å². The molecule has 0 fully saturated rings. The van der Waals surface area contributed by atoms with Gasteiger partial charge in [-0.1, -0.05) is 42.0 Å². The highest BCUT2D eigenvalue weighted by Gasteiger charge is 2.12. The van der Waals surface area contributed by atoms with Crippen molar-refractivity contribution in [3.8, 4) is 0 Å². The molecule has 0 aliphatic rings. The van der Waals surface area contributed by atoms with Gasteiger partial charge in [0.2, 0.25) is 0 Å². The minimum absolute atomic E-state index is 0.202. The monoisotopic (exact) mass is 294 g/mol. The van der Waals surface area contributed by atoms with E-state index in [1.54, 1.807) is 6.07 Å². The predicted molar refractivity (Wildman–Crippen MR) is 79.2 cm³/mol. The van der Waals surface area contributed by atoms with E-state index in [-0.39, 0.29) is 5.38 Å². The van der Waals surface area contributed by atoms with Crippen LogP contribution in [0.15, 0.2) is 42.5 Å². The van der Waals surface area contributed by atoms with Gasteiger partial charge in [0.15, 0.2) is 11.6 Å². The summed E-state index contributed by atoms with van der Waals surface area (Å²) in [6.07, 6.45) is 1.92. The Bertz CT molecular complexity index is 581. The summed E-state index contributed by atoms with van der Waals surface area (Å²) in [5.41, 5.74) is 2.77. The normalized spacial score (nSPS) is 12.4. The van der Waals surface area contributed by atoms with E-state index in [1.807, 2.05) is 19.1 Å². The van der Waals surface area contributed by atoms with Crippen molar-refractivity contribution < 1.29 is 8.78 Å². The number of benzene rings is 2. The Morgan fingerprint density at radius 1 is 1.10 bits per heavy atom. The van der Waals surface area contributed by atoms with Crippen LogP contribution < -0.4 is 0 Å².